The first-order valence-corrected chi connectivity index (χ1v) is 9.77. The summed E-state index contributed by atoms with van der Waals surface area (Å²) in [7, 11) is 0. The van der Waals surface area contributed by atoms with Gasteiger partial charge in [0.1, 0.15) is 17.1 Å². The highest BCUT2D eigenvalue weighted by atomic mass is 19.1. The SMILES string of the molecule is O=C(NCCCN1C(=O)NC2(CCCC2)C1=O)c1ccc(-c2ccc(F)cc2)o1. The van der Waals surface area contributed by atoms with Gasteiger partial charge >= 0.3 is 6.03 Å². The van der Waals surface area contributed by atoms with Crippen molar-refractivity contribution >= 4 is 17.8 Å². The summed E-state index contributed by atoms with van der Waals surface area (Å²) in [5.74, 6) is -0.271. The average molecular weight is 399 g/mol. The summed E-state index contributed by atoms with van der Waals surface area (Å²) in [5.41, 5.74) is -0.0320. The molecule has 1 saturated carbocycles. The van der Waals surface area contributed by atoms with E-state index in [1.165, 1.54) is 17.0 Å². The molecule has 152 valence electrons. The molecule has 2 heterocycles. The van der Waals surface area contributed by atoms with Gasteiger partial charge < -0.3 is 15.1 Å². The number of furan rings is 1. The normalized spacial score (nSPS) is 17.8. The van der Waals surface area contributed by atoms with Crippen LogP contribution in [0, 0.1) is 5.82 Å². The largest absolute Gasteiger partial charge is 0.451 e. The summed E-state index contributed by atoms with van der Waals surface area (Å²) in [4.78, 5) is 38.2. The summed E-state index contributed by atoms with van der Waals surface area (Å²) in [6.45, 7) is 0.557. The summed E-state index contributed by atoms with van der Waals surface area (Å²) < 4.78 is 18.5. The lowest BCUT2D eigenvalue weighted by molar-refractivity contribution is -0.131. The van der Waals surface area contributed by atoms with E-state index in [2.05, 4.69) is 10.6 Å². The van der Waals surface area contributed by atoms with Crippen molar-refractivity contribution in [2.45, 2.75) is 37.6 Å². The maximum atomic E-state index is 13.0. The highest BCUT2D eigenvalue weighted by Crippen LogP contribution is 2.35. The molecule has 2 aliphatic rings. The lowest BCUT2D eigenvalue weighted by Crippen LogP contribution is -2.44. The van der Waals surface area contributed by atoms with Crippen molar-refractivity contribution in [1.29, 1.82) is 0 Å². The summed E-state index contributed by atoms with van der Waals surface area (Å²) >= 11 is 0. The molecule has 7 nitrogen and oxygen atoms in total. The van der Waals surface area contributed by atoms with Crippen molar-refractivity contribution in [1.82, 2.24) is 15.5 Å². The van der Waals surface area contributed by atoms with E-state index in [0.29, 0.717) is 37.1 Å². The number of hydrogen-bond donors (Lipinski definition) is 2. The molecule has 4 amide bonds. The zero-order chi connectivity index (χ0) is 20.4. The Kier molecular flexibility index (Phi) is 5.08. The van der Waals surface area contributed by atoms with Gasteiger partial charge in [-0.25, -0.2) is 9.18 Å². The second-order valence-electron chi connectivity index (χ2n) is 7.46. The van der Waals surface area contributed by atoms with Crippen LogP contribution in [-0.2, 0) is 4.79 Å². The fraction of sp³-hybridized carbons (Fsp3) is 0.381. The van der Waals surface area contributed by atoms with Gasteiger partial charge in [-0.05, 0) is 55.7 Å². The van der Waals surface area contributed by atoms with Crippen LogP contribution in [0.5, 0.6) is 0 Å². The molecule has 0 radical (unpaired) electrons. The number of nitrogens with zero attached hydrogens (tertiary/aromatic N) is 1. The molecular weight excluding hydrogens is 377 g/mol. The minimum absolute atomic E-state index is 0.143. The number of rotatable bonds is 6. The minimum atomic E-state index is -0.703. The van der Waals surface area contributed by atoms with E-state index >= 15 is 0 Å². The van der Waals surface area contributed by atoms with Gasteiger partial charge in [0.15, 0.2) is 5.76 Å². The molecule has 8 heteroatoms. The topological polar surface area (TPSA) is 91.7 Å². The minimum Gasteiger partial charge on any atom is -0.451 e. The van der Waals surface area contributed by atoms with E-state index in [0.717, 1.165) is 12.8 Å². The molecule has 2 aromatic rings. The number of carbonyl (C=O) groups excluding carboxylic acids is 3. The van der Waals surface area contributed by atoms with Gasteiger partial charge in [-0.1, -0.05) is 12.8 Å². The Bertz CT molecular complexity index is 932. The number of imide groups is 1. The molecule has 1 saturated heterocycles. The lowest BCUT2D eigenvalue weighted by Gasteiger charge is -2.20. The number of hydrogen-bond acceptors (Lipinski definition) is 4. The van der Waals surface area contributed by atoms with E-state index in [1.54, 1.807) is 24.3 Å². The number of halogens is 1. The van der Waals surface area contributed by atoms with Crippen molar-refractivity contribution in [3.05, 3.63) is 48.0 Å². The van der Waals surface area contributed by atoms with Crippen molar-refractivity contribution in [3.63, 3.8) is 0 Å². The fourth-order valence-corrected chi connectivity index (χ4v) is 3.95. The summed E-state index contributed by atoms with van der Waals surface area (Å²) in [6, 6.07) is 8.65. The van der Waals surface area contributed by atoms with Crippen molar-refractivity contribution < 1.29 is 23.2 Å². The maximum absolute atomic E-state index is 13.0. The van der Waals surface area contributed by atoms with Crippen molar-refractivity contribution in [3.8, 4) is 11.3 Å². The Morgan fingerprint density at radius 1 is 1.14 bits per heavy atom. The highest BCUT2D eigenvalue weighted by Gasteiger charge is 2.51. The first-order valence-electron chi connectivity index (χ1n) is 9.77. The molecule has 2 fully saturated rings. The van der Waals surface area contributed by atoms with Crippen LogP contribution in [0.4, 0.5) is 9.18 Å². The first kappa shape index (κ1) is 19.2. The molecule has 1 aromatic heterocycles. The molecule has 29 heavy (non-hydrogen) atoms. The van der Waals surface area contributed by atoms with Gasteiger partial charge in [0, 0.05) is 18.7 Å². The predicted molar refractivity (Wildman–Crippen MR) is 102 cm³/mol. The third-order valence-corrected chi connectivity index (χ3v) is 5.51. The van der Waals surface area contributed by atoms with Crippen LogP contribution in [0.15, 0.2) is 40.8 Å². The Morgan fingerprint density at radius 2 is 1.86 bits per heavy atom. The fourth-order valence-electron chi connectivity index (χ4n) is 3.95. The predicted octanol–water partition coefficient (Wildman–Crippen LogP) is 3.07. The summed E-state index contributed by atoms with van der Waals surface area (Å²) in [5, 5.41) is 5.56. The molecule has 1 aliphatic carbocycles. The second-order valence-corrected chi connectivity index (χ2v) is 7.46. The van der Waals surface area contributed by atoms with Crippen molar-refractivity contribution in [2.24, 2.45) is 0 Å². The van der Waals surface area contributed by atoms with Gasteiger partial charge in [0.25, 0.3) is 11.8 Å². The van der Waals surface area contributed by atoms with Crippen LogP contribution in [0.3, 0.4) is 0 Å². The van der Waals surface area contributed by atoms with Crippen molar-refractivity contribution in [2.75, 3.05) is 13.1 Å². The van der Waals surface area contributed by atoms with E-state index in [9.17, 15) is 18.8 Å². The lowest BCUT2D eigenvalue weighted by atomic mass is 9.98. The van der Waals surface area contributed by atoms with Gasteiger partial charge in [-0.2, -0.15) is 0 Å². The number of urea groups is 1. The molecule has 0 atom stereocenters. The molecule has 4 rings (SSSR count). The third kappa shape index (κ3) is 3.74. The van der Waals surface area contributed by atoms with E-state index in [1.807, 2.05) is 0 Å². The van der Waals surface area contributed by atoms with Gasteiger partial charge in [0.05, 0.1) is 0 Å². The Hall–Kier alpha value is -3.16. The zero-order valence-electron chi connectivity index (χ0n) is 15.9. The standard InChI is InChI=1S/C21H22FN3O4/c22-15-6-4-14(5-7-15)16-8-9-17(29-16)18(26)23-12-3-13-25-19(27)21(24-20(25)28)10-1-2-11-21/h4-9H,1-3,10-13H2,(H,23,26)(H,24,28). The number of amides is 4. The number of carbonyl (C=O) groups is 3. The molecule has 0 unspecified atom stereocenters. The Balaban J connectivity index is 1.27. The summed E-state index contributed by atoms with van der Waals surface area (Å²) in [6.07, 6.45) is 3.73. The zero-order valence-corrected chi connectivity index (χ0v) is 15.9. The average Bonchev–Trinajstić information content (AvgIpc) is 3.42. The maximum Gasteiger partial charge on any atom is 0.325 e. The van der Waals surface area contributed by atoms with Gasteiger partial charge in [-0.15, -0.1) is 0 Å². The molecule has 2 N–H and O–H groups in total. The second kappa shape index (κ2) is 7.69. The number of benzene rings is 1. The Labute approximate surface area is 167 Å². The monoisotopic (exact) mass is 399 g/mol. The molecule has 1 aliphatic heterocycles. The smallest absolute Gasteiger partial charge is 0.325 e. The molecule has 1 spiro atoms. The molecule has 1 aromatic carbocycles. The quantitative estimate of drug-likeness (QED) is 0.577. The van der Waals surface area contributed by atoms with Crippen LogP contribution in [-0.4, -0.2) is 41.4 Å². The van der Waals surface area contributed by atoms with Crippen LogP contribution in [0.1, 0.15) is 42.7 Å². The molecular formula is C21H22FN3O4. The van der Waals surface area contributed by atoms with E-state index in [-0.39, 0.29) is 36.0 Å². The third-order valence-electron chi connectivity index (χ3n) is 5.51. The molecule has 0 bridgehead atoms. The van der Waals surface area contributed by atoms with Crippen LogP contribution >= 0.6 is 0 Å². The number of nitrogens with one attached hydrogen (secondary N) is 2. The van der Waals surface area contributed by atoms with Gasteiger partial charge in [-0.3, -0.25) is 14.5 Å². The van der Waals surface area contributed by atoms with Crippen LogP contribution in [0.2, 0.25) is 0 Å². The van der Waals surface area contributed by atoms with Gasteiger partial charge in [0.2, 0.25) is 0 Å². The first-order chi connectivity index (χ1) is 14.0. The van der Waals surface area contributed by atoms with Crippen LogP contribution in [0.25, 0.3) is 11.3 Å². The van der Waals surface area contributed by atoms with E-state index < -0.39 is 5.54 Å². The van der Waals surface area contributed by atoms with Crippen LogP contribution < -0.4 is 10.6 Å². The Morgan fingerprint density at radius 3 is 2.59 bits per heavy atom. The highest BCUT2D eigenvalue weighted by molar-refractivity contribution is 6.07. The van der Waals surface area contributed by atoms with E-state index in [4.69, 9.17) is 4.42 Å².